The molecule has 0 bridgehead atoms. The Morgan fingerprint density at radius 3 is 2.48 bits per heavy atom. The van der Waals surface area contributed by atoms with Gasteiger partial charge in [0.1, 0.15) is 13.2 Å². The zero-order chi connectivity index (χ0) is 22.0. The van der Waals surface area contributed by atoms with Crippen molar-refractivity contribution in [2.45, 2.75) is 11.8 Å². The number of anilines is 2. The van der Waals surface area contributed by atoms with Gasteiger partial charge >= 0.3 is 0 Å². The summed E-state index contributed by atoms with van der Waals surface area (Å²) in [4.78, 5) is 12.7. The molecule has 1 aliphatic heterocycles. The lowest BCUT2D eigenvalue weighted by molar-refractivity contribution is 0.102. The number of halogens is 1. The van der Waals surface area contributed by atoms with E-state index < -0.39 is 15.9 Å². The van der Waals surface area contributed by atoms with Crippen LogP contribution < -0.4 is 19.5 Å². The highest BCUT2D eigenvalue weighted by Crippen LogP contribution is 2.31. The van der Waals surface area contributed by atoms with Crippen LogP contribution in [0.4, 0.5) is 11.4 Å². The molecule has 2 N–H and O–H groups in total. The van der Waals surface area contributed by atoms with E-state index in [1.54, 1.807) is 61.5 Å². The summed E-state index contributed by atoms with van der Waals surface area (Å²) in [5.41, 5.74) is 1.50. The van der Waals surface area contributed by atoms with Crippen LogP contribution in [0.25, 0.3) is 0 Å². The van der Waals surface area contributed by atoms with E-state index in [4.69, 9.17) is 21.1 Å². The summed E-state index contributed by atoms with van der Waals surface area (Å²) in [5.74, 6) is 0.676. The van der Waals surface area contributed by atoms with Crippen molar-refractivity contribution < 1.29 is 22.7 Å². The lowest BCUT2D eigenvalue weighted by Crippen LogP contribution is -2.18. The van der Waals surface area contributed by atoms with Gasteiger partial charge in [0.05, 0.1) is 15.6 Å². The average molecular weight is 459 g/mol. The van der Waals surface area contributed by atoms with E-state index >= 15 is 0 Å². The van der Waals surface area contributed by atoms with Crippen molar-refractivity contribution in [3.8, 4) is 11.5 Å². The number of nitrogens with one attached hydrogen (secondary N) is 2. The Kier molecular flexibility index (Phi) is 5.75. The molecule has 0 atom stereocenters. The predicted molar refractivity (Wildman–Crippen MR) is 119 cm³/mol. The number of hydrogen-bond donors (Lipinski definition) is 2. The van der Waals surface area contributed by atoms with Gasteiger partial charge in [-0.3, -0.25) is 9.52 Å². The Balaban J connectivity index is 1.57. The van der Waals surface area contributed by atoms with Crippen molar-refractivity contribution in [1.29, 1.82) is 0 Å². The van der Waals surface area contributed by atoms with Gasteiger partial charge in [-0.25, -0.2) is 8.42 Å². The SMILES string of the molecule is Cc1ccc(NC(=O)c2ccc3c(c2)OCCO3)cc1S(=O)(=O)Nc1ccccc1Cl. The Morgan fingerprint density at radius 2 is 1.71 bits per heavy atom. The monoisotopic (exact) mass is 458 g/mol. The van der Waals surface area contributed by atoms with Gasteiger partial charge in [-0.05, 0) is 55.0 Å². The molecule has 160 valence electrons. The average Bonchev–Trinajstić information content (AvgIpc) is 2.76. The van der Waals surface area contributed by atoms with Crippen LogP contribution in [0.5, 0.6) is 11.5 Å². The smallest absolute Gasteiger partial charge is 0.262 e. The van der Waals surface area contributed by atoms with Gasteiger partial charge in [0, 0.05) is 11.3 Å². The summed E-state index contributed by atoms with van der Waals surface area (Å²) in [5, 5.41) is 3.01. The molecule has 1 amide bonds. The van der Waals surface area contributed by atoms with Crippen LogP contribution in [0.3, 0.4) is 0 Å². The van der Waals surface area contributed by atoms with Crippen LogP contribution in [0, 0.1) is 6.92 Å². The molecule has 9 heteroatoms. The molecular weight excluding hydrogens is 440 g/mol. The first-order chi connectivity index (χ1) is 14.8. The highest BCUT2D eigenvalue weighted by atomic mass is 35.5. The van der Waals surface area contributed by atoms with E-state index in [1.165, 1.54) is 6.07 Å². The molecule has 1 aliphatic rings. The Morgan fingerprint density at radius 1 is 0.968 bits per heavy atom. The van der Waals surface area contributed by atoms with E-state index in [0.717, 1.165) is 0 Å². The van der Waals surface area contributed by atoms with Gasteiger partial charge in [-0.1, -0.05) is 29.8 Å². The second-order valence-electron chi connectivity index (χ2n) is 6.88. The number of aryl methyl sites for hydroxylation is 1. The van der Waals surface area contributed by atoms with Crippen LogP contribution in [-0.2, 0) is 10.0 Å². The molecule has 4 rings (SSSR count). The molecule has 0 unspecified atom stereocenters. The fourth-order valence-electron chi connectivity index (χ4n) is 3.10. The molecule has 0 fully saturated rings. The standard InChI is InChI=1S/C22H19ClN2O5S/c1-14-6-8-16(13-21(14)31(27,28)25-18-5-3-2-4-17(18)23)24-22(26)15-7-9-19-20(12-15)30-11-10-29-19/h2-9,12-13,25H,10-11H2,1H3,(H,24,26). The maximum atomic E-state index is 12.9. The van der Waals surface area contributed by atoms with Gasteiger partial charge in [0.2, 0.25) is 0 Å². The first-order valence-corrected chi connectivity index (χ1v) is 11.3. The van der Waals surface area contributed by atoms with Crippen LogP contribution >= 0.6 is 11.6 Å². The van der Waals surface area contributed by atoms with Crippen LogP contribution in [-0.4, -0.2) is 27.5 Å². The van der Waals surface area contributed by atoms with Crippen molar-refractivity contribution in [3.63, 3.8) is 0 Å². The van der Waals surface area contributed by atoms with Crippen molar-refractivity contribution in [2.24, 2.45) is 0 Å². The second-order valence-corrected chi connectivity index (χ2v) is 8.94. The summed E-state index contributed by atoms with van der Waals surface area (Å²) in [7, 11) is -3.92. The number of para-hydroxylation sites is 1. The molecule has 0 radical (unpaired) electrons. The van der Waals surface area contributed by atoms with Gasteiger partial charge in [0.15, 0.2) is 11.5 Å². The van der Waals surface area contributed by atoms with Crippen LogP contribution in [0.15, 0.2) is 65.6 Å². The normalized spacial score (nSPS) is 12.8. The molecule has 0 saturated heterocycles. The number of ether oxygens (including phenoxy) is 2. The predicted octanol–water partition coefficient (Wildman–Crippen LogP) is 4.47. The summed E-state index contributed by atoms with van der Waals surface area (Å²) < 4.78 is 39.3. The second kappa shape index (κ2) is 8.49. The van der Waals surface area contributed by atoms with Crippen LogP contribution in [0.2, 0.25) is 5.02 Å². The topological polar surface area (TPSA) is 93.7 Å². The lowest BCUT2D eigenvalue weighted by atomic mass is 10.1. The van der Waals surface area contributed by atoms with E-state index in [9.17, 15) is 13.2 Å². The third-order valence-corrected chi connectivity index (χ3v) is 6.50. The zero-order valence-corrected chi connectivity index (χ0v) is 18.1. The summed E-state index contributed by atoms with van der Waals surface area (Å²) in [6, 6.07) is 16.1. The number of carbonyl (C=O) groups is 1. The van der Waals surface area contributed by atoms with Gasteiger partial charge < -0.3 is 14.8 Å². The minimum Gasteiger partial charge on any atom is -0.486 e. The molecule has 0 aliphatic carbocycles. The van der Waals surface area contributed by atoms with Gasteiger partial charge in [0.25, 0.3) is 15.9 Å². The van der Waals surface area contributed by atoms with Crippen molar-refractivity contribution >= 4 is 38.9 Å². The molecule has 1 heterocycles. The first kappa shape index (κ1) is 21.0. The highest BCUT2D eigenvalue weighted by Gasteiger charge is 2.20. The quantitative estimate of drug-likeness (QED) is 0.588. The minimum absolute atomic E-state index is 0.0346. The number of hydrogen-bond acceptors (Lipinski definition) is 5. The fraction of sp³-hybridized carbons (Fsp3) is 0.136. The molecule has 0 spiro atoms. The summed E-state index contributed by atoms with van der Waals surface area (Å²) in [6.45, 7) is 2.55. The number of fused-ring (bicyclic) bond motifs is 1. The van der Waals surface area contributed by atoms with E-state index in [0.29, 0.717) is 41.5 Å². The molecule has 0 saturated carbocycles. The first-order valence-electron chi connectivity index (χ1n) is 9.42. The fourth-order valence-corrected chi connectivity index (χ4v) is 4.69. The van der Waals surface area contributed by atoms with Gasteiger partial charge in [-0.15, -0.1) is 0 Å². The van der Waals surface area contributed by atoms with Gasteiger partial charge in [-0.2, -0.15) is 0 Å². The van der Waals surface area contributed by atoms with Crippen LogP contribution in [0.1, 0.15) is 15.9 Å². The third kappa shape index (κ3) is 4.60. The summed E-state index contributed by atoms with van der Waals surface area (Å²) in [6.07, 6.45) is 0. The Hall–Kier alpha value is -3.23. The lowest BCUT2D eigenvalue weighted by Gasteiger charge is -2.18. The molecule has 0 aromatic heterocycles. The molecular formula is C22H19ClN2O5S. The molecule has 3 aromatic rings. The number of amides is 1. The zero-order valence-electron chi connectivity index (χ0n) is 16.5. The maximum absolute atomic E-state index is 12.9. The molecule has 3 aromatic carbocycles. The highest BCUT2D eigenvalue weighted by molar-refractivity contribution is 7.92. The Bertz CT molecular complexity index is 1260. The third-order valence-electron chi connectivity index (χ3n) is 4.66. The van der Waals surface area contributed by atoms with E-state index in [2.05, 4.69) is 10.0 Å². The largest absolute Gasteiger partial charge is 0.486 e. The molecule has 31 heavy (non-hydrogen) atoms. The minimum atomic E-state index is -3.92. The van der Waals surface area contributed by atoms with Crippen molar-refractivity contribution in [1.82, 2.24) is 0 Å². The number of rotatable bonds is 5. The number of benzene rings is 3. The Labute approximate surface area is 185 Å². The van der Waals surface area contributed by atoms with E-state index in [-0.39, 0.29) is 15.6 Å². The maximum Gasteiger partial charge on any atom is 0.262 e. The summed E-state index contributed by atoms with van der Waals surface area (Å²) >= 11 is 6.07. The van der Waals surface area contributed by atoms with Crippen molar-refractivity contribution in [3.05, 3.63) is 76.8 Å². The van der Waals surface area contributed by atoms with Crippen molar-refractivity contribution in [2.75, 3.05) is 23.3 Å². The number of carbonyl (C=O) groups excluding carboxylic acids is 1. The molecule has 7 nitrogen and oxygen atoms in total. The number of sulfonamides is 1. The van der Waals surface area contributed by atoms with E-state index in [1.807, 2.05) is 0 Å².